The van der Waals surface area contributed by atoms with Crippen molar-refractivity contribution in [3.63, 3.8) is 0 Å². The molecule has 1 saturated carbocycles. The third-order valence-corrected chi connectivity index (χ3v) is 6.27. The number of hydrogen-bond acceptors (Lipinski definition) is 4. The van der Waals surface area contributed by atoms with E-state index >= 15 is 0 Å². The summed E-state index contributed by atoms with van der Waals surface area (Å²) in [6.07, 6.45) is 2.46. The molecule has 2 heterocycles. The molecule has 1 aromatic heterocycles. The van der Waals surface area contributed by atoms with Gasteiger partial charge in [-0.15, -0.1) is 5.10 Å². The monoisotopic (exact) mass is 448 g/mol. The number of piperazine rings is 1. The fraction of sp³-hybridized carbons (Fsp3) is 0.292. The van der Waals surface area contributed by atoms with Crippen LogP contribution >= 0.6 is 0 Å². The Balaban J connectivity index is 1.15. The highest BCUT2D eigenvalue weighted by atomic mass is 19.1. The molecule has 0 bridgehead atoms. The number of hydrogen-bond donors (Lipinski definition) is 2. The van der Waals surface area contributed by atoms with Crippen molar-refractivity contribution in [1.82, 2.24) is 19.6 Å². The van der Waals surface area contributed by atoms with Gasteiger partial charge >= 0.3 is 6.03 Å². The summed E-state index contributed by atoms with van der Waals surface area (Å²) >= 11 is 0. The van der Waals surface area contributed by atoms with E-state index in [0.29, 0.717) is 43.5 Å². The minimum atomic E-state index is -0.345. The lowest BCUT2D eigenvalue weighted by atomic mass is 10.1. The van der Waals surface area contributed by atoms with Gasteiger partial charge in [-0.1, -0.05) is 30.3 Å². The molecule has 33 heavy (non-hydrogen) atoms. The first kappa shape index (κ1) is 21.0. The Labute approximate surface area is 190 Å². The number of aromatic nitrogens is 2. The van der Waals surface area contributed by atoms with E-state index in [1.54, 1.807) is 23.2 Å². The van der Waals surface area contributed by atoms with Crippen LogP contribution in [0.3, 0.4) is 0 Å². The van der Waals surface area contributed by atoms with Crippen molar-refractivity contribution in [3.05, 3.63) is 72.2 Å². The Morgan fingerprint density at radius 1 is 0.970 bits per heavy atom. The number of nitrogens with two attached hydrogens (primary N) is 1. The maximum absolute atomic E-state index is 13.1. The summed E-state index contributed by atoms with van der Waals surface area (Å²) in [5, 5.41) is 7.04. The van der Waals surface area contributed by atoms with E-state index in [1.165, 1.54) is 22.4 Å². The lowest BCUT2D eigenvalue weighted by molar-refractivity contribution is -0.134. The first-order chi connectivity index (χ1) is 16.0. The molecule has 3 amide bonds. The highest BCUT2D eigenvalue weighted by Gasteiger charge is 2.46. The van der Waals surface area contributed by atoms with Crippen LogP contribution in [-0.2, 0) is 4.79 Å². The number of halogens is 1. The molecule has 3 aromatic rings. The third kappa shape index (κ3) is 4.39. The standard InChI is InChI=1S/C24H25FN6O2/c25-17-6-8-18(9-7-17)31-15-21(26)22(28-31)27-24(33)30-12-10-29(11-13-30)23(32)20-14-19(20)16-4-2-1-3-5-16/h1-9,15,19-20H,10-14,26H2,(H,27,28,33)/t19-,20+/m0/s1. The van der Waals surface area contributed by atoms with Gasteiger partial charge in [0.15, 0.2) is 5.82 Å². The summed E-state index contributed by atoms with van der Waals surface area (Å²) in [4.78, 5) is 29.1. The van der Waals surface area contributed by atoms with Crippen LogP contribution in [0.15, 0.2) is 60.8 Å². The minimum absolute atomic E-state index is 0.0444. The number of carbonyl (C=O) groups excluding carboxylic acids is 2. The van der Waals surface area contributed by atoms with Gasteiger partial charge in [0.1, 0.15) is 5.82 Å². The van der Waals surface area contributed by atoms with Gasteiger partial charge in [-0.05, 0) is 42.2 Å². The second kappa shape index (κ2) is 8.57. The summed E-state index contributed by atoms with van der Waals surface area (Å²) in [7, 11) is 0. The fourth-order valence-electron chi connectivity index (χ4n) is 4.29. The molecule has 0 unspecified atom stereocenters. The van der Waals surface area contributed by atoms with Crippen LogP contribution < -0.4 is 11.1 Å². The number of urea groups is 1. The van der Waals surface area contributed by atoms with E-state index in [2.05, 4.69) is 22.5 Å². The summed E-state index contributed by atoms with van der Waals surface area (Å²) in [6.45, 7) is 1.89. The largest absolute Gasteiger partial charge is 0.394 e. The van der Waals surface area contributed by atoms with Gasteiger partial charge in [0, 0.05) is 32.1 Å². The maximum atomic E-state index is 13.1. The number of nitrogen functional groups attached to an aromatic ring is 1. The van der Waals surface area contributed by atoms with Crippen LogP contribution in [0.1, 0.15) is 17.9 Å². The summed E-state index contributed by atoms with van der Waals surface area (Å²) in [5.41, 5.74) is 8.16. The van der Waals surface area contributed by atoms with Crippen molar-refractivity contribution in [2.24, 2.45) is 5.92 Å². The minimum Gasteiger partial charge on any atom is -0.394 e. The number of anilines is 2. The summed E-state index contributed by atoms with van der Waals surface area (Å²) in [5.74, 6) is 0.419. The molecular weight excluding hydrogens is 423 g/mol. The van der Waals surface area contributed by atoms with E-state index in [1.807, 2.05) is 23.1 Å². The molecule has 0 radical (unpaired) electrons. The molecule has 5 rings (SSSR count). The molecule has 2 aromatic carbocycles. The molecule has 2 atom stereocenters. The Morgan fingerprint density at radius 2 is 1.64 bits per heavy atom. The van der Waals surface area contributed by atoms with Gasteiger partial charge in [0.2, 0.25) is 5.91 Å². The lowest BCUT2D eigenvalue weighted by Gasteiger charge is -2.34. The molecule has 2 fully saturated rings. The van der Waals surface area contributed by atoms with Crippen molar-refractivity contribution >= 4 is 23.4 Å². The zero-order chi connectivity index (χ0) is 22.9. The zero-order valence-corrected chi connectivity index (χ0v) is 18.0. The van der Waals surface area contributed by atoms with Gasteiger partial charge in [0.05, 0.1) is 17.6 Å². The quantitative estimate of drug-likeness (QED) is 0.641. The van der Waals surface area contributed by atoms with Crippen LogP contribution in [0.5, 0.6) is 0 Å². The van der Waals surface area contributed by atoms with E-state index in [9.17, 15) is 14.0 Å². The average molecular weight is 449 g/mol. The zero-order valence-electron chi connectivity index (χ0n) is 18.0. The van der Waals surface area contributed by atoms with Crippen LogP contribution in [0.2, 0.25) is 0 Å². The highest BCUT2D eigenvalue weighted by Crippen LogP contribution is 2.48. The number of rotatable bonds is 4. The number of nitrogens with zero attached hydrogens (tertiary/aromatic N) is 4. The average Bonchev–Trinajstić information content (AvgIpc) is 3.57. The van der Waals surface area contributed by atoms with Gasteiger partial charge in [-0.2, -0.15) is 0 Å². The van der Waals surface area contributed by atoms with E-state index in [-0.39, 0.29) is 29.5 Å². The molecule has 8 nitrogen and oxygen atoms in total. The predicted molar refractivity (Wildman–Crippen MR) is 122 cm³/mol. The Morgan fingerprint density at radius 3 is 2.33 bits per heavy atom. The van der Waals surface area contributed by atoms with Gasteiger partial charge in [-0.3, -0.25) is 10.1 Å². The predicted octanol–water partition coefficient (Wildman–Crippen LogP) is 3.07. The normalized spacial score (nSPS) is 19.9. The SMILES string of the molecule is Nc1cn(-c2ccc(F)cc2)nc1NC(=O)N1CCN(C(=O)[C@@H]2C[C@H]2c2ccccc2)CC1. The van der Waals surface area contributed by atoms with E-state index < -0.39 is 0 Å². The van der Waals surface area contributed by atoms with Crippen LogP contribution in [0.25, 0.3) is 5.69 Å². The van der Waals surface area contributed by atoms with Crippen molar-refractivity contribution < 1.29 is 14.0 Å². The molecule has 170 valence electrons. The van der Waals surface area contributed by atoms with Crippen LogP contribution in [0, 0.1) is 11.7 Å². The van der Waals surface area contributed by atoms with Gasteiger partial charge in [0.25, 0.3) is 0 Å². The van der Waals surface area contributed by atoms with Gasteiger partial charge in [-0.25, -0.2) is 13.9 Å². The number of carbonyl (C=O) groups is 2. The van der Waals surface area contributed by atoms with Crippen molar-refractivity contribution in [3.8, 4) is 5.69 Å². The molecule has 1 aliphatic carbocycles. The molecule has 1 saturated heterocycles. The molecule has 3 N–H and O–H groups in total. The maximum Gasteiger partial charge on any atom is 0.323 e. The Bertz CT molecular complexity index is 1160. The van der Waals surface area contributed by atoms with E-state index in [0.717, 1.165) is 6.42 Å². The summed E-state index contributed by atoms with van der Waals surface area (Å²) in [6, 6.07) is 15.6. The van der Waals surface area contributed by atoms with Crippen molar-refractivity contribution in [2.45, 2.75) is 12.3 Å². The number of amides is 3. The van der Waals surface area contributed by atoms with Crippen LogP contribution in [0.4, 0.5) is 20.7 Å². The molecule has 2 aliphatic rings. The second-order valence-electron chi connectivity index (χ2n) is 8.46. The summed E-state index contributed by atoms with van der Waals surface area (Å²) < 4.78 is 14.6. The third-order valence-electron chi connectivity index (χ3n) is 6.27. The first-order valence-electron chi connectivity index (χ1n) is 11.0. The topological polar surface area (TPSA) is 96.5 Å². The van der Waals surface area contributed by atoms with Crippen LogP contribution in [-0.4, -0.2) is 57.7 Å². The molecule has 1 aliphatic heterocycles. The molecule has 9 heteroatoms. The highest BCUT2D eigenvalue weighted by molar-refractivity contribution is 5.91. The molecule has 0 spiro atoms. The second-order valence-corrected chi connectivity index (χ2v) is 8.46. The van der Waals surface area contributed by atoms with Crippen molar-refractivity contribution in [2.75, 3.05) is 37.2 Å². The lowest BCUT2D eigenvalue weighted by Crippen LogP contribution is -2.52. The Kier molecular flexibility index (Phi) is 5.45. The van der Waals surface area contributed by atoms with Gasteiger partial charge < -0.3 is 15.5 Å². The number of benzene rings is 2. The van der Waals surface area contributed by atoms with Crippen molar-refractivity contribution in [1.29, 1.82) is 0 Å². The first-order valence-corrected chi connectivity index (χ1v) is 11.0. The number of nitrogens with one attached hydrogen (secondary N) is 1. The Hall–Kier alpha value is -3.88. The fourth-order valence-corrected chi connectivity index (χ4v) is 4.29. The smallest absolute Gasteiger partial charge is 0.323 e. The van der Waals surface area contributed by atoms with E-state index in [4.69, 9.17) is 5.73 Å². The molecular formula is C24H25FN6O2.